The molecule has 3 heteroatoms. The zero-order chi connectivity index (χ0) is 11.1. The molecule has 1 aliphatic carbocycles. The van der Waals surface area contributed by atoms with Crippen molar-refractivity contribution >= 4 is 21.4 Å². The number of nitrogens with two attached hydrogens (primary N) is 1. The zero-order valence-electron chi connectivity index (χ0n) is 8.95. The van der Waals surface area contributed by atoms with Crippen LogP contribution in [0.5, 0.6) is 0 Å². The molecule has 1 aromatic carbocycles. The van der Waals surface area contributed by atoms with E-state index in [0.717, 1.165) is 10.1 Å². The summed E-state index contributed by atoms with van der Waals surface area (Å²) in [4.78, 5) is 1.20. The smallest absolute Gasteiger partial charge is 0.123 e. The third kappa shape index (κ3) is 1.64. The minimum Gasteiger partial charge on any atom is -0.323 e. The van der Waals surface area contributed by atoms with Crippen molar-refractivity contribution in [3.8, 4) is 0 Å². The van der Waals surface area contributed by atoms with E-state index in [9.17, 15) is 4.39 Å². The lowest BCUT2D eigenvalue weighted by molar-refractivity contribution is 0.267. The van der Waals surface area contributed by atoms with Gasteiger partial charge in [0.05, 0.1) is 0 Å². The van der Waals surface area contributed by atoms with Gasteiger partial charge in [0.15, 0.2) is 0 Å². The second-order valence-electron chi connectivity index (χ2n) is 4.55. The molecule has 84 valence electrons. The van der Waals surface area contributed by atoms with Crippen molar-refractivity contribution in [3.63, 3.8) is 0 Å². The van der Waals surface area contributed by atoms with Crippen LogP contribution in [-0.2, 0) is 0 Å². The van der Waals surface area contributed by atoms with E-state index in [1.165, 1.54) is 30.2 Å². The molecule has 0 aliphatic heterocycles. The first-order chi connectivity index (χ1) is 7.74. The molecular weight excluding hydrogens is 221 g/mol. The van der Waals surface area contributed by atoms with Crippen molar-refractivity contribution < 1.29 is 4.39 Å². The molecule has 0 bridgehead atoms. The van der Waals surface area contributed by atoms with E-state index in [2.05, 4.69) is 0 Å². The maximum absolute atomic E-state index is 13.1. The number of hydrogen-bond donors (Lipinski definition) is 1. The minimum absolute atomic E-state index is 0.147. The van der Waals surface area contributed by atoms with Crippen LogP contribution in [0.15, 0.2) is 24.3 Å². The predicted molar refractivity (Wildman–Crippen MR) is 66.1 cm³/mol. The average Bonchev–Trinajstić information content (AvgIpc) is 2.57. The molecule has 2 N–H and O–H groups in total. The van der Waals surface area contributed by atoms with Gasteiger partial charge in [-0.15, -0.1) is 11.3 Å². The highest BCUT2D eigenvalue weighted by atomic mass is 32.1. The highest BCUT2D eigenvalue weighted by molar-refractivity contribution is 7.19. The van der Waals surface area contributed by atoms with Crippen molar-refractivity contribution in [1.29, 1.82) is 0 Å². The van der Waals surface area contributed by atoms with Gasteiger partial charge in [-0.05, 0) is 48.4 Å². The van der Waals surface area contributed by atoms with Crippen LogP contribution in [0.1, 0.15) is 30.2 Å². The molecule has 3 rings (SSSR count). The lowest BCUT2D eigenvalue weighted by atomic mass is 9.79. The Morgan fingerprint density at radius 1 is 1.31 bits per heavy atom. The average molecular weight is 235 g/mol. The lowest BCUT2D eigenvalue weighted by Crippen LogP contribution is -2.25. The van der Waals surface area contributed by atoms with E-state index < -0.39 is 0 Å². The van der Waals surface area contributed by atoms with Gasteiger partial charge in [0.2, 0.25) is 0 Å². The quantitative estimate of drug-likeness (QED) is 0.841. The molecule has 0 amide bonds. The van der Waals surface area contributed by atoms with Crippen LogP contribution in [0, 0.1) is 11.7 Å². The topological polar surface area (TPSA) is 26.0 Å². The molecule has 0 spiro atoms. The molecule has 1 fully saturated rings. The Balaban J connectivity index is 1.97. The Morgan fingerprint density at radius 2 is 2.12 bits per heavy atom. The fraction of sp³-hybridized carbons (Fsp3) is 0.385. The van der Waals surface area contributed by atoms with Gasteiger partial charge < -0.3 is 5.73 Å². The summed E-state index contributed by atoms with van der Waals surface area (Å²) in [5, 5.41) is 0.981. The van der Waals surface area contributed by atoms with Crippen molar-refractivity contribution in [2.75, 3.05) is 0 Å². The Morgan fingerprint density at radius 3 is 2.81 bits per heavy atom. The van der Waals surface area contributed by atoms with Crippen LogP contribution in [0.25, 0.3) is 10.1 Å². The molecule has 1 aromatic heterocycles. The Bertz CT molecular complexity index is 516. The maximum Gasteiger partial charge on any atom is 0.123 e. The highest BCUT2D eigenvalue weighted by Gasteiger charge is 2.26. The van der Waals surface area contributed by atoms with Gasteiger partial charge >= 0.3 is 0 Å². The summed E-state index contributed by atoms with van der Waals surface area (Å²) in [6, 6.07) is 7.13. The van der Waals surface area contributed by atoms with Crippen LogP contribution >= 0.6 is 11.3 Å². The number of rotatable bonds is 2. The molecule has 2 aromatic rings. The van der Waals surface area contributed by atoms with Gasteiger partial charge in [-0.25, -0.2) is 4.39 Å². The first-order valence-corrected chi connectivity index (χ1v) is 6.50. The van der Waals surface area contributed by atoms with Gasteiger partial charge in [0, 0.05) is 15.6 Å². The van der Waals surface area contributed by atoms with E-state index in [4.69, 9.17) is 5.73 Å². The first kappa shape index (κ1) is 10.2. The Labute approximate surface area is 98.1 Å². The molecule has 1 unspecified atom stereocenters. The number of fused-ring (bicyclic) bond motifs is 1. The summed E-state index contributed by atoms with van der Waals surface area (Å²) in [6.07, 6.45) is 3.78. The maximum atomic E-state index is 13.1. The molecule has 1 nitrogen and oxygen atoms in total. The number of halogens is 1. The van der Waals surface area contributed by atoms with Crippen molar-refractivity contribution in [2.24, 2.45) is 11.7 Å². The standard InChI is InChI=1S/C13H14FNS/c14-10-4-5-11-9(6-10)7-12(16-11)13(15)8-2-1-3-8/h4-8,13H,1-3,15H2. The van der Waals surface area contributed by atoms with Crippen LogP contribution in [0.4, 0.5) is 4.39 Å². The largest absolute Gasteiger partial charge is 0.323 e. The van der Waals surface area contributed by atoms with Crippen LogP contribution in [0.2, 0.25) is 0 Å². The summed E-state index contributed by atoms with van der Waals surface area (Å²) in [6.45, 7) is 0. The van der Waals surface area contributed by atoms with Crippen LogP contribution in [0.3, 0.4) is 0 Å². The van der Waals surface area contributed by atoms with Gasteiger partial charge in [-0.3, -0.25) is 0 Å². The predicted octanol–water partition coefficient (Wildman–Crippen LogP) is 3.84. The second-order valence-corrected chi connectivity index (χ2v) is 5.66. The molecule has 16 heavy (non-hydrogen) atoms. The first-order valence-electron chi connectivity index (χ1n) is 5.68. The molecule has 0 saturated heterocycles. The lowest BCUT2D eigenvalue weighted by Gasteiger charge is -2.30. The minimum atomic E-state index is -0.172. The van der Waals surface area contributed by atoms with Crippen LogP contribution in [-0.4, -0.2) is 0 Å². The van der Waals surface area contributed by atoms with Crippen molar-refractivity contribution in [2.45, 2.75) is 25.3 Å². The van der Waals surface area contributed by atoms with E-state index in [0.29, 0.717) is 5.92 Å². The number of thiophene rings is 1. The van der Waals surface area contributed by atoms with E-state index >= 15 is 0 Å². The normalized spacial score (nSPS) is 18.6. The molecule has 1 aliphatic rings. The van der Waals surface area contributed by atoms with Gasteiger partial charge in [-0.1, -0.05) is 6.42 Å². The third-order valence-electron chi connectivity index (χ3n) is 3.48. The summed E-state index contributed by atoms with van der Waals surface area (Å²) in [5.41, 5.74) is 6.22. The van der Waals surface area contributed by atoms with Crippen LogP contribution < -0.4 is 5.73 Å². The van der Waals surface area contributed by atoms with E-state index in [1.54, 1.807) is 17.4 Å². The Kier molecular flexibility index (Phi) is 2.45. The summed E-state index contributed by atoms with van der Waals surface area (Å²) in [5.74, 6) is 0.465. The second kappa shape index (κ2) is 3.82. The monoisotopic (exact) mass is 235 g/mol. The van der Waals surface area contributed by atoms with Crippen molar-refractivity contribution in [3.05, 3.63) is 35.0 Å². The molecule has 1 atom stereocenters. The molecule has 1 saturated carbocycles. The molecule has 1 heterocycles. The van der Waals surface area contributed by atoms with E-state index in [-0.39, 0.29) is 11.9 Å². The van der Waals surface area contributed by atoms with Gasteiger partial charge in [0.25, 0.3) is 0 Å². The summed E-state index contributed by atoms with van der Waals surface area (Å²) in [7, 11) is 0. The molecule has 0 radical (unpaired) electrons. The van der Waals surface area contributed by atoms with Gasteiger partial charge in [0.1, 0.15) is 5.82 Å². The highest BCUT2D eigenvalue weighted by Crippen LogP contribution is 2.40. The summed E-state index contributed by atoms with van der Waals surface area (Å²) < 4.78 is 14.2. The molecular formula is C13H14FNS. The summed E-state index contributed by atoms with van der Waals surface area (Å²) >= 11 is 1.70. The van der Waals surface area contributed by atoms with E-state index in [1.807, 2.05) is 12.1 Å². The van der Waals surface area contributed by atoms with Gasteiger partial charge in [-0.2, -0.15) is 0 Å². The Hall–Kier alpha value is -0.930. The third-order valence-corrected chi connectivity index (χ3v) is 4.70. The fourth-order valence-electron chi connectivity index (χ4n) is 2.23. The number of hydrogen-bond acceptors (Lipinski definition) is 2. The SMILES string of the molecule is NC(c1cc2cc(F)ccc2s1)C1CCC1. The number of benzene rings is 1. The van der Waals surface area contributed by atoms with Crippen molar-refractivity contribution in [1.82, 2.24) is 0 Å². The zero-order valence-corrected chi connectivity index (χ0v) is 9.77. The fourth-order valence-corrected chi connectivity index (χ4v) is 3.37.